The number of nitrogens with zero attached hydrogens (tertiary/aromatic N) is 2. The van der Waals surface area contributed by atoms with Crippen LogP contribution in [0.2, 0.25) is 5.02 Å². The maximum atomic E-state index is 12.6. The number of pyridine rings is 1. The fourth-order valence-corrected chi connectivity index (χ4v) is 4.73. The molecule has 148 valence electrons. The Morgan fingerprint density at radius 3 is 2.60 bits per heavy atom. The molecule has 2 aromatic heterocycles. The summed E-state index contributed by atoms with van der Waals surface area (Å²) in [5.41, 5.74) is 2.34. The standard InChI is InChI=1S/C24H17ClN2O2S/c1-26-24(10-11-24)15-3-8-21(29-17-6-4-16(25)5-7-17)19(13-15)20-14-27(2)23(28)22-18(20)9-12-30-22/h3-9,12-14H,10-11H2,2H3. The second-order valence-corrected chi connectivity index (χ2v) is 8.89. The first-order valence-electron chi connectivity index (χ1n) is 9.54. The fraction of sp³-hybridized carbons (Fsp3) is 0.167. The predicted molar refractivity (Wildman–Crippen MR) is 122 cm³/mol. The lowest BCUT2D eigenvalue weighted by molar-refractivity contribution is 0.484. The summed E-state index contributed by atoms with van der Waals surface area (Å²) in [6.45, 7) is 7.64. The van der Waals surface area contributed by atoms with Crippen LogP contribution in [0.3, 0.4) is 0 Å². The summed E-state index contributed by atoms with van der Waals surface area (Å²) in [4.78, 5) is 16.4. The van der Waals surface area contributed by atoms with Crippen molar-refractivity contribution in [2.24, 2.45) is 7.05 Å². The first-order chi connectivity index (χ1) is 14.5. The topological polar surface area (TPSA) is 35.6 Å². The predicted octanol–water partition coefficient (Wildman–Crippen LogP) is 6.62. The van der Waals surface area contributed by atoms with Crippen molar-refractivity contribution in [2.45, 2.75) is 18.4 Å². The third-order valence-electron chi connectivity index (χ3n) is 5.58. The molecule has 4 aromatic rings. The summed E-state index contributed by atoms with van der Waals surface area (Å²) in [5.74, 6) is 1.35. The summed E-state index contributed by atoms with van der Waals surface area (Å²) in [6.07, 6.45) is 3.59. The van der Waals surface area contributed by atoms with Gasteiger partial charge in [0, 0.05) is 53.2 Å². The van der Waals surface area contributed by atoms with Gasteiger partial charge in [-0.1, -0.05) is 11.6 Å². The molecule has 0 amide bonds. The molecule has 30 heavy (non-hydrogen) atoms. The van der Waals surface area contributed by atoms with Crippen molar-refractivity contribution in [3.63, 3.8) is 0 Å². The molecule has 0 bridgehead atoms. The number of thiophene rings is 1. The number of ether oxygens (including phenoxy) is 1. The van der Waals surface area contributed by atoms with Gasteiger partial charge in [0.25, 0.3) is 11.1 Å². The van der Waals surface area contributed by atoms with Crippen LogP contribution in [0.25, 0.3) is 26.1 Å². The Labute approximate surface area is 182 Å². The number of rotatable bonds is 4. The van der Waals surface area contributed by atoms with E-state index in [0.29, 0.717) is 21.2 Å². The molecule has 1 aliphatic rings. The van der Waals surface area contributed by atoms with Gasteiger partial charge in [-0.05, 0) is 53.9 Å². The first-order valence-corrected chi connectivity index (χ1v) is 10.8. The van der Waals surface area contributed by atoms with Crippen LogP contribution in [0.5, 0.6) is 11.5 Å². The SMILES string of the molecule is [C-]#[N+]C1(c2ccc(Oc3ccc(Cl)cc3)c(-c3cn(C)c(=O)c4sccc34)c2)CC1. The highest BCUT2D eigenvalue weighted by Crippen LogP contribution is 2.51. The van der Waals surface area contributed by atoms with Crippen LogP contribution < -0.4 is 10.3 Å². The molecule has 2 heterocycles. The Balaban J connectivity index is 1.72. The Morgan fingerprint density at radius 1 is 1.13 bits per heavy atom. The van der Waals surface area contributed by atoms with Crippen molar-refractivity contribution in [1.82, 2.24) is 4.57 Å². The highest BCUT2D eigenvalue weighted by molar-refractivity contribution is 7.17. The van der Waals surface area contributed by atoms with Gasteiger partial charge >= 0.3 is 0 Å². The molecular formula is C24H17ClN2O2S. The van der Waals surface area contributed by atoms with Crippen molar-refractivity contribution >= 4 is 33.0 Å². The van der Waals surface area contributed by atoms with Gasteiger partial charge < -0.3 is 14.1 Å². The average Bonchev–Trinajstić information content (AvgIpc) is 3.40. The number of hydrogen-bond acceptors (Lipinski definition) is 3. The highest BCUT2D eigenvalue weighted by Gasteiger charge is 2.52. The zero-order chi connectivity index (χ0) is 20.9. The van der Waals surface area contributed by atoms with E-state index in [-0.39, 0.29) is 5.56 Å². The molecule has 2 aromatic carbocycles. The first kappa shape index (κ1) is 18.9. The monoisotopic (exact) mass is 432 g/mol. The lowest BCUT2D eigenvalue weighted by Crippen LogP contribution is -2.15. The molecule has 5 rings (SSSR count). The van der Waals surface area contributed by atoms with Crippen LogP contribution >= 0.6 is 22.9 Å². The fourth-order valence-electron chi connectivity index (χ4n) is 3.72. The number of aryl methyl sites for hydroxylation is 1. The second kappa shape index (κ2) is 7.02. The molecule has 1 aliphatic carbocycles. The van der Waals surface area contributed by atoms with E-state index in [9.17, 15) is 4.79 Å². The average molecular weight is 433 g/mol. The van der Waals surface area contributed by atoms with Gasteiger partial charge in [-0.3, -0.25) is 4.79 Å². The van der Waals surface area contributed by atoms with Gasteiger partial charge in [0.15, 0.2) is 0 Å². The van der Waals surface area contributed by atoms with E-state index in [1.807, 2.05) is 48.0 Å². The van der Waals surface area contributed by atoms with Crippen molar-refractivity contribution in [3.8, 4) is 22.6 Å². The molecule has 4 nitrogen and oxygen atoms in total. The van der Waals surface area contributed by atoms with E-state index in [0.717, 1.165) is 34.9 Å². The molecule has 1 fully saturated rings. The van der Waals surface area contributed by atoms with E-state index >= 15 is 0 Å². The summed E-state index contributed by atoms with van der Waals surface area (Å²) in [5, 5.41) is 3.47. The number of hydrogen-bond donors (Lipinski definition) is 0. The minimum absolute atomic E-state index is 0.0140. The van der Waals surface area contributed by atoms with Gasteiger partial charge in [-0.15, -0.1) is 11.3 Å². The van der Waals surface area contributed by atoms with Crippen LogP contribution in [-0.4, -0.2) is 4.57 Å². The van der Waals surface area contributed by atoms with E-state index < -0.39 is 5.54 Å². The maximum Gasteiger partial charge on any atom is 0.268 e. The molecular weight excluding hydrogens is 416 g/mol. The van der Waals surface area contributed by atoms with Gasteiger partial charge in [-0.2, -0.15) is 0 Å². The number of halogens is 1. The quantitative estimate of drug-likeness (QED) is 0.339. The van der Waals surface area contributed by atoms with Crippen molar-refractivity contribution in [2.75, 3.05) is 0 Å². The molecule has 0 N–H and O–H groups in total. The van der Waals surface area contributed by atoms with Crippen LogP contribution in [0, 0.1) is 6.57 Å². The van der Waals surface area contributed by atoms with Crippen molar-refractivity contribution in [1.29, 1.82) is 0 Å². The van der Waals surface area contributed by atoms with E-state index in [1.54, 1.807) is 23.7 Å². The molecule has 0 atom stereocenters. The summed E-state index contributed by atoms with van der Waals surface area (Å²) in [7, 11) is 1.76. The van der Waals surface area contributed by atoms with Crippen LogP contribution in [0.1, 0.15) is 18.4 Å². The van der Waals surface area contributed by atoms with Crippen LogP contribution in [-0.2, 0) is 12.6 Å². The zero-order valence-electron chi connectivity index (χ0n) is 16.2. The Bertz CT molecular complexity index is 1380. The zero-order valence-corrected chi connectivity index (χ0v) is 17.8. The summed E-state index contributed by atoms with van der Waals surface area (Å²) < 4.78 is 8.53. The van der Waals surface area contributed by atoms with E-state index in [2.05, 4.69) is 4.85 Å². The Hall–Kier alpha value is -3.07. The third kappa shape index (κ3) is 3.09. The lowest BCUT2D eigenvalue weighted by atomic mass is 9.96. The third-order valence-corrected chi connectivity index (χ3v) is 6.73. The lowest BCUT2D eigenvalue weighted by Gasteiger charge is -2.15. The minimum Gasteiger partial charge on any atom is -0.457 e. The van der Waals surface area contributed by atoms with Crippen molar-refractivity contribution in [3.05, 3.63) is 92.5 Å². The van der Waals surface area contributed by atoms with Gasteiger partial charge in [-0.25, -0.2) is 6.57 Å². The normalized spacial score (nSPS) is 14.4. The number of aromatic nitrogens is 1. The van der Waals surface area contributed by atoms with E-state index in [1.165, 1.54) is 11.3 Å². The number of benzene rings is 2. The molecule has 0 aliphatic heterocycles. The molecule has 0 radical (unpaired) electrons. The molecule has 0 saturated heterocycles. The molecule has 0 unspecified atom stereocenters. The van der Waals surface area contributed by atoms with Gasteiger partial charge in [0.2, 0.25) is 0 Å². The molecule has 0 spiro atoms. The summed E-state index contributed by atoms with van der Waals surface area (Å²) >= 11 is 7.44. The number of fused-ring (bicyclic) bond motifs is 1. The molecule has 1 saturated carbocycles. The molecule has 6 heteroatoms. The minimum atomic E-state index is -0.429. The van der Waals surface area contributed by atoms with Crippen LogP contribution in [0.15, 0.2) is 64.9 Å². The smallest absolute Gasteiger partial charge is 0.268 e. The van der Waals surface area contributed by atoms with Gasteiger partial charge in [0.1, 0.15) is 16.2 Å². The van der Waals surface area contributed by atoms with Crippen LogP contribution in [0.4, 0.5) is 0 Å². The largest absolute Gasteiger partial charge is 0.457 e. The maximum absolute atomic E-state index is 12.6. The van der Waals surface area contributed by atoms with Crippen molar-refractivity contribution < 1.29 is 4.74 Å². The Morgan fingerprint density at radius 2 is 1.90 bits per heavy atom. The highest BCUT2D eigenvalue weighted by atomic mass is 35.5. The summed E-state index contributed by atoms with van der Waals surface area (Å²) in [6, 6.07) is 15.1. The van der Waals surface area contributed by atoms with Gasteiger partial charge in [0.05, 0.1) is 0 Å². The Kier molecular flexibility index (Phi) is 4.43. The van der Waals surface area contributed by atoms with E-state index in [4.69, 9.17) is 22.9 Å². The second-order valence-electron chi connectivity index (χ2n) is 7.53.